The van der Waals surface area contributed by atoms with Crippen molar-refractivity contribution in [3.8, 4) is 0 Å². The molecule has 0 saturated heterocycles. The number of amidine groups is 1. The molecule has 3 nitrogen and oxygen atoms in total. The Morgan fingerprint density at radius 1 is 1.50 bits per heavy atom. The van der Waals surface area contributed by atoms with Crippen molar-refractivity contribution in [2.45, 2.75) is 6.92 Å². The number of rotatable bonds is 1. The van der Waals surface area contributed by atoms with Gasteiger partial charge in [0, 0.05) is 0 Å². The third-order valence-electron chi connectivity index (χ3n) is 1.61. The quantitative estimate of drug-likeness (QED) is 0.280. The minimum atomic E-state index is -0.371. The number of hydrogen-bond donors (Lipinski definition) is 2. The molecular weight excluding hydrogens is 157 g/mol. The topological polar surface area (TPSA) is 64.4 Å². The van der Waals surface area contributed by atoms with Crippen LogP contribution in [0.3, 0.4) is 0 Å². The van der Waals surface area contributed by atoms with E-state index in [1.165, 1.54) is 6.07 Å². The summed E-state index contributed by atoms with van der Waals surface area (Å²) in [5.41, 5.74) is 6.12. The molecule has 0 amide bonds. The smallest absolute Gasteiger partial charge is 0.153 e. The highest BCUT2D eigenvalue weighted by molar-refractivity contribution is 5.97. The highest BCUT2D eigenvalue weighted by atomic mass is 19.1. The lowest BCUT2D eigenvalue weighted by Gasteiger charge is -2.02. The number of nitrogens with zero attached hydrogens (tertiary/aromatic N) is 1. The summed E-state index contributed by atoms with van der Waals surface area (Å²) in [5.74, 6) is 4.56. The Kier molecular flexibility index (Phi) is 2.28. The van der Waals surface area contributed by atoms with Crippen LogP contribution in [0.2, 0.25) is 0 Å². The summed E-state index contributed by atoms with van der Waals surface area (Å²) in [7, 11) is 0. The summed E-state index contributed by atoms with van der Waals surface area (Å²) in [5, 5.41) is 3.22. The van der Waals surface area contributed by atoms with Crippen molar-refractivity contribution in [3.05, 3.63) is 35.1 Å². The van der Waals surface area contributed by atoms with E-state index in [4.69, 9.17) is 11.6 Å². The van der Waals surface area contributed by atoms with Crippen molar-refractivity contribution in [3.63, 3.8) is 0 Å². The van der Waals surface area contributed by atoms with E-state index in [1.807, 2.05) is 0 Å². The van der Waals surface area contributed by atoms with Crippen LogP contribution in [-0.4, -0.2) is 5.84 Å². The molecule has 0 heterocycles. The molecule has 64 valence electrons. The molecule has 0 aliphatic heterocycles. The number of benzene rings is 1. The lowest BCUT2D eigenvalue weighted by Crippen LogP contribution is -2.17. The van der Waals surface area contributed by atoms with E-state index < -0.39 is 0 Å². The average molecular weight is 167 g/mol. The maximum atomic E-state index is 13.2. The highest BCUT2D eigenvalue weighted by Gasteiger charge is 2.07. The van der Waals surface area contributed by atoms with Gasteiger partial charge in [-0.05, 0) is 18.6 Å². The number of hydrazone groups is 1. The number of halogens is 1. The van der Waals surface area contributed by atoms with Crippen molar-refractivity contribution >= 4 is 5.84 Å². The van der Waals surface area contributed by atoms with E-state index in [0.29, 0.717) is 5.56 Å². The van der Waals surface area contributed by atoms with E-state index >= 15 is 0 Å². The first kappa shape index (κ1) is 8.52. The fourth-order valence-corrected chi connectivity index (χ4v) is 0.915. The van der Waals surface area contributed by atoms with Crippen LogP contribution in [0.15, 0.2) is 23.3 Å². The second kappa shape index (κ2) is 3.21. The third-order valence-corrected chi connectivity index (χ3v) is 1.61. The maximum absolute atomic E-state index is 13.2. The van der Waals surface area contributed by atoms with Crippen molar-refractivity contribution in [1.82, 2.24) is 0 Å². The van der Waals surface area contributed by atoms with Crippen LogP contribution in [0.25, 0.3) is 0 Å². The van der Waals surface area contributed by atoms with Gasteiger partial charge in [-0.25, -0.2) is 4.39 Å². The molecule has 1 rings (SSSR count). The van der Waals surface area contributed by atoms with Crippen LogP contribution < -0.4 is 11.6 Å². The van der Waals surface area contributed by atoms with Crippen molar-refractivity contribution in [2.75, 3.05) is 0 Å². The first-order chi connectivity index (χ1) is 5.66. The van der Waals surface area contributed by atoms with Gasteiger partial charge in [0.15, 0.2) is 5.84 Å². The van der Waals surface area contributed by atoms with E-state index in [9.17, 15) is 4.39 Å². The molecule has 4 N–H and O–H groups in total. The van der Waals surface area contributed by atoms with Gasteiger partial charge in [0.1, 0.15) is 5.82 Å². The molecule has 0 radical (unpaired) electrons. The van der Waals surface area contributed by atoms with E-state index in [0.717, 1.165) is 0 Å². The average Bonchev–Trinajstić information content (AvgIpc) is 2.08. The summed E-state index contributed by atoms with van der Waals surface area (Å²) in [4.78, 5) is 0. The summed E-state index contributed by atoms with van der Waals surface area (Å²) in [6.45, 7) is 1.66. The van der Waals surface area contributed by atoms with Gasteiger partial charge in [-0.3, -0.25) is 0 Å². The summed E-state index contributed by atoms with van der Waals surface area (Å²) in [6.07, 6.45) is 0. The Balaban J connectivity index is 3.26. The van der Waals surface area contributed by atoms with E-state index in [-0.39, 0.29) is 17.2 Å². The first-order valence-electron chi connectivity index (χ1n) is 3.45. The molecular formula is C8H10FN3. The maximum Gasteiger partial charge on any atom is 0.153 e. The second-order valence-electron chi connectivity index (χ2n) is 2.45. The molecule has 0 atom stereocenters. The molecule has 0 saturated carbocycles. The van der Waals surface area contributed by atoms with E-state index in [1.54, 1.807) is 19.1 Å². The minimum absolute atomic E-state index is 0.0104. The van der Waals surface area contributed by atoms with Gasteiger partial charge >= 0.3 is 0 Å². The molecule has 0 aliphatic rings. The Labute approximate surface area is 69.9 Å². The zero-order chi connectivity index (χ0) is 9.14. The highest BCUT2D eigenvalue weighted by Crippen LogP contribution is 2.10. The zero-order valence-corrected chi connectivity index (χ0v) is 6.71. The lowest BCUT2D eigenvalue weighted by atomic mass is 10.1. The molecule has 1 aromatic rings. The van der Waals surface area contributed by atoms with Crippen LogP contribution in [0, 0.1) is 12.7 Å². The first-order valence-corrected chi connectivity index (χ1v) is 3.45. The normalized spacial score (nSPS) is 11.7. The minimum Gasteiger partial charge on any atom is -0.382 e. The van der Waals surface area contributed by atoms with Gasteiger partial charge in [-0.2, -0.15) is 5.10 Å². The predicted octanol–water partition coefficient (Wildman–Crippen LogP) is 0.713. The predicted molar refractivity (Wildman–Crippen MR) is 46.0 cm³/mol. The number of nitrogens with two attached hydrogens (primary N) is 2. The molecule has 0 spiro atoms. The van der Waals surface area contributed by atoms with Gasteiger partial charge < -0.3 is 11.6 Å². The zero-order valence-electron chi connectivity index (χ0n) is 6.71. The molecule has 1 aromatic carbocycles. The molecule has 0 aromatic heterocycles. The molecule has 0 bridgehead atoms. The Hall–Kier alpha value is -1.58. The van der Waals surface area contributed by atoms with Gasteiger partial charge in [0.2, 0.25) is 0 Å². The molecule has 0 fully saturated rings. The fraction of sp³-hybridized carbons (Fsp3) is 0.125. The third kappa shape index (κ3) is 1.37. The Morgan fingerprint density at radius 3 is 2.75 bits per heavy atom. The summed E-state index contributed by atoms with van der Waals surface area (Å²) < 4.78 is 13.2. The Bertz CT molecular complexity index is 320. The standard InChI is InChI=1S/C8H10FN3/c1-5-3-2-4-6(7(5)9)8(10)12-11/h2-4H,11H2,1H3,(H2,10,12). The van der Waals surface area contributed by atoms with Crippen LogP contribution in [0.4, 0.5) is 4.39 Å². The van der Waals surface area contributed by atoms with Crippen molar-refractivity contribution in [1.29, 1.82) is 0 Å². The van der Waals surface area contributed by atoms with Gasteiger partial charge in [0.05, 0.1) is 5.56 Å². The second-order valence-corrected chi connectivity index (χ2v) is 2.45. The van der Waals surface area contributed by atoms with Gasteiger partial charge in [-0.15, -0.1) is 0 Å². The van der Waals surface area contributed by atoms with Crippen LogP contribution in [0.1, 0.15) is 11.1 Å². The van der Waals surface area contributed by atoms with Crippen LogP contribution >= 0.6 is 0 Å². The van der Waals surface area contributed by atoms with Crippen molar-refractivity contribution in [2.24, 2.45) is 16.7 Å². The largest absolute Gasteiger partial charge is 0.382 e. The van der Waals surface area contributed by atoms with Crippen molar-refractivity contribution < 1.29 is 4.39 Å². The SMILES string of the molecule is Cc1cccc(/C(N)=N/N)c1F. The van der Waals surface area contributed by atoms with Crippen LogP contribution in [-0.2, 0) is 0 Å². The van der Waals surface area contributed by atoms with Gasteiger partial charge in [-0.1, -0.05) is 12.1 Å². The summed E-state index contributed by atoms with van der Waals surface area (Å²) in [6, 6.07) is 4.89. The Morgan fingerprint density at radius 2 is 2.17 bits per heavy atom. The molecule has 4 heteroatoms. The number of hydrogen-bond acceptors (Lipinski definition) is 2. The lowest BCUT2D eigenvalue weighted by molar-refractivity contribution is 0.615. The van der Waals surface area contributed by atoms with E-state index in [2.05, 4.69) is 5.10 Å². The molecule has 12 heavy (non-hydrogen) atoms. The molecule has 0 aliphatic carbocycles. The van der Waals surface area contributed by atoms with Crippen LogP contribution in [0.5, 0.6) is 0 Å². The number of aryl methyl sites for hydroxylation is 1. The fourth-order valence-electron chi connectivity index (χ4n) is 0.915. The summed E-state index contributed by atoms with van der Waals surface area (Å²) >= 11 is 0. The van der Waals surface area contributed by atoms with Gasteiger partial charge in [0.25, 0.3) is 0 Å². The molecule has 0 unspecified atom stereocenters. The monoisotopic (exact) mass is 167 g/mol.